The first-order valence-corrected chi connectivity index (χ1v) is 7.68. The minimum absolute atomic E-state index is 0.378. The maximum Gasteiger partial charge on any atom is 0.0899 e. The average molecular weight is 272 g/mol. The zero-order chi connectivity index (χ0) is 14.1. The van der Waals surface area contributed by atoms with Crippen LogP contribution < -0.4 is 5.32 Å². The van der Waals surface area contributed by atoms with Gasteiger partial charge in [0, 0.05) is 26.7 Å². The van der Waals surface area contributed by atoms with E-state index in [1.807, 2.05) is 0 Å². The molecule has 0 aliphatic heterocycles. The van der Waals surface area contributed by atoms with Gasteiger partial charge in [0.25, 0.3) is 0 Å². The first kappa shape index (κ1) is 16.9. The third-order valence-electron chi connectivity index (χ3n) is 4.08. The van der Waals surface area contributed by atoms with Gasteiger partial charge in [0.15, 0.2) is 0 Å². The van der Waals surface area contributed by atoms with Crippen molar-refractivity contribution in [2.75, 3.05) is 46.9 Å². The van der Waals surface area contributed by atoms with Crippen LogP contribution in [0.3, 0.4) is 0 Å². The van der Waals surface area contributed by atoms with E-state index >= 15 is 0 Å². The normalized spacial score (nSPS) is 20.1. The molecule has 0 bridgehead atoms. The molecule has 0 radical (unpaired) electrons. The highest BCUT2D eigenvalue weighted by Crippen LogP contribution is 2.38. The van der Waals surface area contributed by atoms with E-state index in [2.05, 4.69) is 24.2 Å². The van der Waals surface area contributed by atoms with E-state index in [9.17, 15) is 5.11 Å². The largest absolute Gasteiger partial charge is 0.389 e. The van der Waals surface area contributed by atoms with E-state index in [0.717, 1.165) is 19.6 Å². The number of methoxy groups -OCH3 is 1. The average Bonchev–Trinajstić information content (AvgIpc) is 2.78. The first-order chi connectivity index (χ1) is 9.12. The van der Waals surface area contributed by atoms with Crippen molar-refractivity contribution in [3.05, 3.63) is 0 Å². The molecule has 0 saturated heterocycles. The fourth-order valence-electron chi connectivity index (χ4n) is 3.29. The molecular formula is C15H32N2O2. The van der Waals surface area contributed by atoms with Gasteiger partial charge in [-0.3, -0.25) is 0 Å². The summed E-state index contributed by atoms with van der Waals surface area (Å²) in [5, 5.41) is 13.4. The molecule has 114 valence electrons. The van der Waals surface area contributed by atoms with Gasteiger partial charge in [0.05, 0.1) is 12.7 Å². The molecule has 0 aromatic heterocycles. The fraction of sp³-hybridized carbons (Fsp3) is 1.00. The van der Waals surface area contributed by atoms with Gasteiger partial charge in [-0.2, -0.15) is 0 Å². The monoisotopic (exact) mass is 272 g/mol. The van der Waals surface area contributed by atoms with Crippen LogP contribution in [0.4, 0.5) is 0 Å². The Labute approximate surface area is 118 Å². The summed E-state index contributed by atoms with van der Waals surface area (Å²) in [6, 6.07) is 0. The van der Waals surface area contributed by atoms with Crippen molar-refractivity contribution in [3.8, 4) is 0 Å². The number of aliphatic hydroxyl groups is 1. The van der Waals surface area contributed by atoms with Crippen molar-refractivity contribution < 1.29 is 9.84 Å². The summed E-state index contributed by atoms with van der Waals surface area (Å²) in [6.45, 7) is 6.63. The second kappa shape index (κ2) is 8.90. The third kappa shape index (κ3) is 6.21. The number of nitrogens with zero attached hydrogens (tertiary/aromatic N) is 1. The summed E-state index contributed by atoms with van der Waals surface area (Å²) in [7, 11) is 3.75. The Balaban J connectivity index is 2.39. The van der Waals surface area contributed by atoms with Crippen LogP contribution in [0.5, 0.6) is 0 Å². The van der Waals surface area contributed by atoms with E-state index in [0.29, 0.717) is 18.6 Å². The lowest BCUT2D eigenvalue weighted by molar-refractivity contribution is 0.0335. The van der Waals surface area contributed by atoms with Crippen molar-refractivity contribution in [2.24, 2.45) is 5.41 Å². The lowest BCUT2D eigenvalue weighted by Crippen LogP contribution is -2.44. The second-order valence-corrected chi connectivity index (χ2v) is 6.19. The molecule has 4 nitrogen and oxygen atoms in total. The molecular weight excluding hydrogens is 240 g/mol. The maximum atomic E-state index is 9.81. The van der Waals surface area contributed by atoms with Crippen LogP contribution in [0.1, 0.15) is 39.0 Å². The van der Waals surface area contributed by atoms with Crippen molar-refractivity contribution in [1.82, 2.24) is 10.2 Å². The summed E-state index contributed by atoms with van der Waals surface area (Å²) in [5.41, 5.74) is 0.413. The molecule has 0 heterocycles. The Kier molecular flexibility index (Phi) is 7.91. The second-order valence-electron chi connectivity index (χ2n) is 6.19. The fourth-order valence-corrected chi connectivity index (χ4v) is 3.29. The number of ether oxygens (including phenoxy) is 1. The van der Waals surface area contributed by atoms with Gasteiger partial charge < -0.3 is 20.1 Å². The first-order valence-electron chi connectivity index (χ1n) is 7.68. The topological polar surface area (TPSA) is 44.7 Å². The Morgan fingerprint density at radius 3 is 2.63 bits per heavy atom. The molecule has 4 heteroatoms. The smallest absolute Gasteiger partial charge is 0.0899 e. The Morgan fingerprint density at radius 2 is 2.05 bits per heavy atom. The van der Waals surface area contributed by atoms with Crippen LogP contribution in [0, 0.1) is 5.41 Å². The van der Waals surface area contributed by atoms with Gasteiger partial charge in [0.2, 0.25) is 0 Å². The summed E-state index contributed by atoms with van der Waals surface area (Å²) in [5.74, 6) is 0. The highest BCUT2D eigenvalue weighted by atomic mass is 16.5. The van der Waals surface area contributed by atoms with Crippen LogP contribution in [-0.2, 0) is 4.74 Å². The highest BCUT2D eigenvalue weighted by Gasteiger charge is 2.34. The van der Waals surface area contributed by atoms with Gasteiger partial charge in [-0.05, 0) is 38.3 Å². The number of hydrogen-bond donors (Lipinski definition) is 2. The molecule has 1 aliphatic carbocycles. The molecule has 0 spiro atoms. The summed E-state index contributed by atoms with van der Waals surface area (Å²) >= 11 is 0. The van der Waals surface area contributed by atoms with Crippen LogP contribution in [0.2, 0.25) is 0 Å². The minimum atomic E-state index is -0.378. The lowest BCUT2D eigenvalue weighted by atomic mass is 9.85. The van der Waals surface area contributed by atoms with Crippen molar-refractivity contribution >= 4 is 0 Å². The molecule has 2 N–H and O–H groups in total. The van der Waals surface area contributed by atoms with Crippen molar-refractivity contribution in [1.29, 1.82) is 0 Å². The molecule has 0 aromatic carbocycles. The Hall–Kier alpha value is -0.160. The van der Waals surface area contributed by atoms with Crippen LogP contribution in [0.15, 0.2) is 0 Å². The maximum absolute atomic E-state index is 9.81. The standard InChI is InChI=1S/C15H32N2O2/c1-4-9-16-12-15(7-5-6-8-15)13-17(2)10-14(18)11-19-3/h14,16,18H,4-13H2,1-3H3. The zero-order valence-electron chi connectivity index (χ0n) is 13.0. The van der Waals surface area contributed by atoms with E-state index in [4.69, 9.17) is 4.74 Å². The molecule has 1 atom stereocenters. The van der Waals surface area contributed by atoms with E-state index < -0.39 is 0 Å². The summed E-state index contributed by atoms with van der Waals surface area (Å²) in [6.07, 6.45) is 6.14. The molecule has 1 unspecified atom stereocenters. The summed E-state index contributed by atoms with van der Waals surface area (Å²) in [4.78, 5) is 2.27. The molecule has 1 fully saturated rings. The molecule has 1 rings (SSSR count). The van der Waals surface area contributed by atoms with Gasteiger partial charge in [-0.15, -0.1) is 0 Å². The van der Waals surface area contributed by atoms with E-state index in [1.165, 1.54) is 32.1 Å². The van der Waals surface area contributed by atoms with Gasteiger partial charge in [-0.25, -0.2) is 0 Å². The molecule has 0 aromatic rings. The van der Waals surface area contributed by atoms with E-state index in [-0.39, 0.29) is 6.10 Å². The van der Waals surface area contributed by atoms with Crippen LogP contribution in [0.25, 0.3) is 0 Å². The molecule has 19 heavy (non-hydrogen) atoms. The predicted octanol–water partition coefficient (Wildman–Crippen LogP) is 1.49. The molecule has 1 aliphatic rings. The molecule has 0 amide bonds. The minimum Gasteiger partial charge on any atom is -0.389 e. The number of nitrogens with one attached hydrogen (secondary N) is 1. The lowest BCUT2D eigenvalue weighted by Gasteiger charge is -2.34. The predicted molar refractivity (Wildman–Crippen MR) is 79.4 cm³/mol. The zero-order valence-corrected chi connectivity index (χ0v) is 13.0. The third-order valence-corrected chi connectivity index (χ3v) is 4.08. The Morgan fingerprint density at radius 1 is 1.37 bits per heavy atom. The summed E-state index contributed by atoms with van der Waals surface area (Å²) < 4.78 is 4.99. The SMILES string of the molecule is CCCNCC1(CN(C)CC(O)COC)CCCC1. The van der Waals surface area contributed by atoms with Crippen molar-refractivity contribution in [3.63, 3.8) is 0 Å². The van der Waals surface area contributed by atoms with Gasteiger partial charge in [0.1, 0.15) is 0 Å². The van der Waals surface area contributed by atoms with Crippen molar-refractivity contribution in [2.45, 2.75) is 45.1 Å². The Bertz CT molecular complexity index is 230. The highest BCUT2D eigenvalue weighted by molar-refractivity contribution is 4.89. The van der Waals surface area contributed by atoms with Gasteiger partial charge >= 0.3 is 0 Å². The van der Waals surface area contributed by atoms with E-state index in [1.54, 1.807) is 7.11 Å². The number of likely N-dealkylation sites (N-methyl/N-ethyl adjacent to an activating group) is 1. The van der Waals surface area contributed by atoms with Crippen LogP contribution >= 0.6 is 0 Å². The van der Waals surface area contributed by atoms with Crippen LogP contribution in [-0.4, -0.2) is 63.1 Å². The van der Waals surface area contributed by atoms with Gasteiger partial charge in [-0.1, -0.05) is 19.8 Å². The quantitative estimate of drug-likeness (QED) is 0.591. The molecule has 1 saturated carbocycles. The number of rotatable bonds is 10. The number of aliphatic hydroxyl groups excluding tert-OH is 1. The number of hydrogen-bond acceptors (Lipinski definition) is 4.